The highest BCUT2D eigenvalue weighted by Crippen LogP contribution is 2.45. The van der Waals surface area contributed by atoms with E-state index in [-0.39, 0.29) is 24.5 Å². The van der Waals surface area contributed by atoms with Gasteiger partial charge in [-0.25, -0.2) is 19.0 Å². The average molecular weight is 569 g/mol. The lowest BCUT2D eigenvalue weighted by atomic mass is 9.91. The molecular weight excluding hydrogens is 527 g/mol. The summed E-state index contributed by atoms with van der Waals surface area (Å²) in [5.74, 6) is 0.270. The number of hydrogen-bond acceptors (Lipinski definition) is 6. The van der Waals surface area contributed by atoms with Crippen LogP contribution in [-0.2, 0) is 9.53 Å². The molecular formula is C30H41FN6O4. The Bertz CT molecular complexity index is 1330. The molecule has 1 saturated carbocycles. The second kappa shape index (κ2) is 10.6. The minimum Gasteiger partial charge on any atom is -0.444 e. The van der Waals surface area contributed by atoms with Crippen molar-refractivity contribution in [3.63, 3.8) is 0 Å². The fraction of sp³-hybridized carbons (Fsp3) is 0.667. The zero-order chi connectivity index (χ0) is 28.9. The highest BCUT2D eigenvalue weighted by atomic mass is 19.1. The van der Waals surface area contributed by atoms with Gasteiger partial charge in [0.2, 0.25) is 5.91 Å². The molecule has 0 spiro atoms. The first-order valence-corrected chi connectivity index (χ1v) is 15.0. The quantitative estimate of drug-likeness (QED) is 0.560. The van der Waals surface area contributed by atoms with Crippen LogP contribution in [0.3, 0.4) is 0 Å². The number of fused-ring (bicyclic) bond motifs is 1. The Hall–Kier alpha value is -3.21. The molecule has 41 heavy (non-hydrogen) atoms. The third kappa shape index (κ3) is 6.05. The minimum atomic E-state index is -1.30. The average Bonchev–Trinajstić information content (AvgIpc) is 3.68. The van der Waals surface area contributed by atoms with E-state index in [9.17, 15) is 14.4 Å². The zero-order valence-corrected chi connectivity index (χ0v) is 24.3. The fourth-order valence-corrected chi connectivity index (χ4v) is 6.43. The van der Waals surface area contributed by atoms with E-state index in [4.69, 9.17) is 9.72 Å². The van der Waals surface area contributed by atoms with Crippen LogP contribution in [0.25, 0.3) is 11.0 Å². The molecule has 6 rings (SSSR count). The summed E-state index contributed by atoms with van der Waals surface area (Å²) in [5, 5.41) is 3.47. The van der Waals surface area contributed by atoms with Gasteiger partial charge in [-0.05, 0) is 64.0 Å². The van der Waals surface area contributed by atoms with Crippen molar-refractivity contribution in [3.8, 4) is 0 Å². The first-order chi connectivity index (χ1) is 19.5. The van der Waals surface area contributed by atoms with Crippen LogP contribution in [0, 0.1) is 0 Å². The summed E-state index contributed by atoms with van der Waals surface area (Å²) in [6.45, 7) is 8.65. The van der Waals surface area contributed by atoms with Crippen LogP contribution in [0.1, 0.15) is 83.2 Å². The number of nitrogens with zero attached hydrogens (tertiary/aromatic N) is 5. The minimum absolute atomic E-state index is 0.249. The molecule has 4 aliphatic rings. The SMILES string of the molecule is CC(C)(C)OC(=O)N1CCC(F)(CN2CCC(n3cc(C4CC4)c4cc(N5CCC(=O)NC5=O)cnc43)CC2)CC1. The Kier molecular flexibility index (Phi) is 7.20. The third-order valence-corrected chi connectivity index (χ3v) is 8.84. The van der Waals surface area contributed by atoms with Crippen LogP contribution in [0.2, 0.25) is 0 Å². The third-order valence-electron chi connectivity index (χ3n) is 8.84. The molecule has 222 valence electrons. The number of carbonyl (C=O) groups excluding carboxylic acids is 3. The van der Waals surface area contributed by atoms with Crippen LogP contribution in [0.4, 0.5) is 19.7 Å². The van der Waals surface area contributed by atoms with Crippen molar-refractivity contribution < 1.29 is 23.5 Å². The van der Waals surface area contributed by atoms with Gasteiger partial charge in [-0.1, -0.05) is 0 Å². The van der Waals surface area contributed by atoms with Crippen molar-refractivity contribution in [3.05, 3.63) is 24.0 Å². The lowest BCUT2D eigenvalue weighted by Gasteiger charge is -2.41. The van der Waals surface area contributed by atoms with Crippen molar-refractivity contribution in [2.24, 2.45) is 0 Å². The summed E-state index contributed by atoms with van der Waals surface area (Å²) in [5.41, 5.74) is 1.07. The molecule has 0 unspecified atom stereocenters. The number of urea groups is 1. The molecule has 5 heterocycles. The van der Waals surface area contributed by atoms with Crippen LogP contribution in [0.5, 0.6) is 0 Å². The molecule has 3 aliphatic heterocycles. The van der Waals surface area contributed by atoms with Gasteiger partial charge in [-0.2, -0.15) is 0 Å². The number of imide groups is 1. The van der Waals surface area contributed by atoms with Crippen LogP contribution in [-0.4, -0.2) is 87.9 Å². The van der Waals surface area contributed by atoms with E-state index in [1.165, 1.54) is 5.56 Å². The molecule has 3 saturated heterocycles. The van der Waals surface area contributed by atoms with Crippen molar-refractivity contribution >= 4 is 34.8 Å². The molecule has 1 N–H and O–H groups in total. The number of nitrogens with one attached hydrogen (secondary N) is 1. The summed E-state index contributed by atoms with van der Waals surface area (Å²) in [6, 6.07) is 1.93. The van der Waals surface area contributed by atoms with Crippen LogP contribution >= 0.6 is 0 Å². The van der Waals surface area contributed by atoms with Crippen LogP contribution in [0.15, 0.2) is 18.5 Å². The molecule has 10 nitrogen and oxygen atoms in total. The van der Waals surface area contributed by atoms with Gasteiger partial charge in [0.05, 0.1) is 11.9 Å². The monoisotopic (exact) mass is 568 g/mol. The standard InChI is InChI=1S/C30H41FN6O4/c1-29(2,3)41-28(40)35-14-9-30(31,10-15-35)19-34-11-6-21(7-12-34)37-18-24(20-4-5-20)23-16-22(17-32-26(23)37)36-13-8-25(38)33-27(36)39/h16-18,20-21H,4-15,19H2,1-3H3,(H,33,38,39). The number of amides is 4. The van der Waals surface area contributed by atoms with Gasteiger partial charge in [0.25, 0.3) is 0 Å². The molecule has 11 heteroatoms. The maximum Gasteiger partial charge on any atom is 0.410 e. The Labute approximate surface area is 240 Å². The molecule has 0 radical (unpaired) electrons. The Morgan fingerprint density at radius 3 is 2.44 bits per heavy atom. The molecule has 4 amide bonds. The lowest BCUT2D eigenvalue weighted by Crippen LogP contribution is -2.51. The Balaban J connectivity index is 1.09. The number of ether oxygens (including phenoxy) is 1. The molecule has 0 atom stereocenters. The normalized spacial score (nSPS) is 22.7. The van der Waals surface area contributed by atoms with Gasteiger partial charge in [-0.3, -0.25) is 15.0 Å². The summed E-state index contributed by atoms with van der Waals surface area (Å²) < 4.78 is 23.6. The maximum atomic E-state index is 15.8. The molecule has 0 bridgehead atoms. The van der Waals surface area contributed by atoms with Gasteiger partial charge in [0, 0.05) is 76.2 Å². The first-order valence-electron chi connectivity index (χ1n) is 15.0. The van der Waals surface area contributed by atoms with E-state index in [1.807, 2.05) is 26.8 Å². The number of hydrogen-bond donors (Lipinski definition) is 1. The molecule has 0 aromatic carbocycles. The van der Waals surface area contributed by atoms with Crippen molar-refractivity contribution in [1.82, 2.24) is 24.7 Å². The number of rotatable bonds is 5. The zero-order valence-electron chi connectivity index (χ0n) is 24.3. The number of alkyl halides is 1. The van der Waals surface area contributed by atoms with Gasteiger partial charge in [-0.15, -0.1) is 0 Å². The van der Waals surface area contributed by atoms with E-state index in [0.717, 1.165) is 49.8 Å². The Morgan fingerprint density at radius 1 is 1.10 bits per heavy atom. The second-order valence-corrected chi connectivity index (χ2v) is 13.2. The summed E-state index contributed by atoms with van der Waals surface area (Å²) in [7, 11) is 0. The fourth-order valence-electron chi connectivity index (χ4n) is 6.43. The van der Waals surface area contributed by atoms with E-state index in [0.29, 0.717) is 50.6 Å². The summed E-state index contributed by atoms with van der Waals surface area (Å²) in [6.07, 6.45) is 8.69. The Morgan fingerprint density at radius 2 is 1.80 bits per heavy atom. The summed E-state index contributed by atoms with van der Waals surface area (Å²) >= 11 is 0. The van der Waals surface area contributed by atoms with E-state index in [1.54, 1.807) is 16.0 Å². The highest BCUT2D eigenvalue weighted by molar-refractivity contribution is 6.06. The number of halogens is 1. The van der Waals surface area contributed by atoms with Crippen LogP contribution < -0.4 is 10.2 Å². The van der Waals surface area contributed by atoms with Crippen molar-refractivity contribution in [2.45, 2.75) is 88.9 Å². The lowest BCUT2D eigenvalue weighted by molar-refractivity contribution is -0.120. The molecule has 2 aromatic rings. The van der Waals surface area contributed by atoms with E-state index in [2.05, 4.69) is 21.0 Å². The van der Waals surface area contributed by atoms with Crippen molar-refractivity contribution in [2.75, 3.05) is 44.2 Å². The van der Waals surface area contributed by atoms with E-state index < -0.39 is 17.3 Å². The number of piperidine rings is 2. The number of aromatic nitrogens is 2. The highest BCUT2D eigenvalue weighted by Gasteiger charge is 2.39. The van der Waals surface area contributed by atoms with Crippen molar-refractivity contribution in [1.29, 1.82) is 0 Å². The van der Waals surface area contributed by atoms with Gasteiger partial charge in [0.1, 0.15) is 16.9 Å². The topological polar surface area (TPSA) is 100 Å². The largest absolute Gasteiger partial charge is 0.444 e. The smallest absolute Gasteiger partial charge is 0.410 e. The maximum absolute atomic E-state index is 15.8. The van der Waals surface area contributed by atoms with E-state index >= 15 is 4.39 Å². The molecule has 4 fully saturated rings. The number of pyridine rings is 1. The van der Waals surface area contributed by atoms with Gasteiger partial charge >= 0.3 is 12.1 Å². The summed E-state index contributed by atoms with van der Waals surface area (Å²) in [4.78, 5) is 46.7. The predicted octanol–water partition coefficient (Wildman–Crippen LogP) is 4.74. The number of likely N-dealkylation sites (tertiary alicyclic amines) is 2. The number of anilines is 1. The van der Waals surface area contributed by atoms with Gasteiger partial charge in [0.15, 0.2) is 0 Å². The molecule has 2 aromatic heterocycles. The second-order valence-electron chi connectivity index (χ2n) is 13.2. The van der Waals surface area contributed by atoms with Gasteiger partial charge < -0.3 is 19.1 Å². The number of carbonyl (C=O) groups is 3. The first kappa shape index (κ1) is 27.9. The molecule has 1 aliphatic carbocycles. The predicted molar refractivity (Wildman–Crippen MR) is 153 cm³/mol.